The lowest BCUT2D eigenvalue weighted by Crippen LogP contribution is -2.52. The molecule has 3 aliphatic rings. The van der Waals surface area contributed by atoms with Crippen LogP contribution in [0.3, 0.4) is 0 Å². The van der Waals surface area contributed by atoms with E-state index in [2.05, 4.69) is 31.9 Å². The van der Waals surface area contributed by atoms with Gasteiger partial charge in [0.1, 0.15) is 12.3 Å². The molecular formula is C29H20Br2Cl2N2O7. The van der Waals surface area contributed by atoms with E-state index in [1.165, 1.54) is 54.8 Å². The Balaban J connectivity index is 1.28. The quantitative estimate of drug-likeness (QED) is 0.0987. The summed E-state index contributed by atoms with van der Waals surface area (Å²) in [5, 5.41) is 1.99. The zero-order valence-electron chi connectivity index (χ0n) is 21.4. The molecule has 2 saturated carbocycles. The SMILES string of the molecule is O=C(CN(C(=O)c1ccc(Cl)cc1Cl)N1C(=O)[C@@H]2[C@H]3C[C@@H]([C@@H](Br)[C@H]3Br)[C@H]2C1=O)c1ccc(OC(=O)c2ccco2)cc1. The highest BCUT2D eigenvalue weighted by Gasteiger charge is 2.67. The molecule has 3 amide bonds. The minimum Gasteiger partial charge on any atom is -0.457 e. The molecule has 9 nitrogen and oxygen atoms in total. The Kier molecular flexibility index (Phi) is 7.80. The summed E-state index contributed by atoms with van der Waals surface area (Å²) in [6.07, 6.45) is 2.05. The molecular weight excluding hydrogens is 719 g/mol. The monoisotopic (exact) mass is 736 g/mol. The average Bonchev–Trinajstić information content (AvgIpc) is 3.74. The van der Waals surface area contributed by atoms with Gasteiger partial charge in [0.05, 0.1) is 28.7 Å². The lowest BCUT2D eigenvalue weighted by Gasteiger charge is -2.31. The van der Waals surface area contributed by atoms with Crippen LogP contribution in [0.15, 0.2) is 65.3 Å². The molecule has 1 aromatic heterocycles. The Labute approximate surface area is 266 Å². The van der Waals surface area contributed by atoms with E-state index < -0.39 is 47.9 Å². The van der Waals surface area contributed by atoms with Crippen LogP contribution in [0.4, 0.5) is 0 Å². The number of ketones is 1. The number of hydrazine groups is 1. The third kappa shape index (κ3) is 4.90. The Morgan fingerprint density at radius 2 is 1.60 bits per heavy atom. The zero-order valence-corrected chi connectivity index (χ0v) is 26.1. The number of esters is 1. The van der Waals surface area contributed by atoms with Gasteiger partial charge in [0.2, 0.25) is 5.76 Å². The summed E-state index contributed by atoms with van der Waals surface area (Å²) in [4.78, 5) is 67.0. The Bertz CT molecular complexity index is 1580. The molecule has 216 valence electrons. The van der Waals surface area contributed by atoms with Crippen molar-refractivity contribution in [3.05, 3.63) is 87.8 Å². The minimum absolute atomic E-state index is 0.00246. The number of nitrogens with zero attached hydrogens (tertiary/aromatic N) is 2. The molecule has 0 unspecified atom stereocenters. The maximum absolute atomic E-state index is 13.9. The summed E-state index contributed by atoms with van der Waals surface area (Å²) in [7, 11) is 0. The molecule has 2 heterocycles. The Morgan fingerprint density at radius 3 is 2.17 bits per heavy atom. The van der Waals surface area contributed by atoms with Crippen molar-refractivity contribution < 1.29 is 33.1 Å². The first-order valence-corrected chi connectivity index (χ1v) is 15.5. The highest BCUT2D eigenvalue weighted by Crippen LogP contribution is 2.60. The number of hydrogen-bond donors (Lipinski definition) is 0. The summed E-state index contributed by atoms with van der Waals surface area (Å²) in [6, 6.07) is 12.9. The number of furan rings is 1. The van der Waals surface area contributed by atoms with Gasteiger partial charge in [-0.15, -0.1) is 0 Å². The number of alkyl halides is 2. The van der Waals surface area contributed by atoms with Crippen molar-refractivity contribution in [1.29, 1.82) is 0 Å². The zero-order chi connectivity index (χ0) is 29.9. The molecule has 0 spiro atoms. The predicted molar refractivity (Wildman–Crippen MR) is 158 cm³/mol. The summed E-state index contributed by atoms with van der Waals surface area (Å²) < 4.78 is 10.3. The van der Waals surface area contributed by atoms with Gasteiger partial charge in [-0.2, -0.15) is 5.01 Å². The number of carbonyl (C=O) groups is 5. The van der Waals surface area contributed by atoms with Crippen LogP contribution in [0.1, 0.15) is 37.7 Å². The van der Waals surface area contributed by atoms with Crippen LogP contribution in [-0.2, 0) is 9.59 Å². The second kappa shape index (κ2) is 11.3. The third-order valence-electron chi connectivity index (χ3n) is 8.00. The number of ether oxygens (including phenoxy) is 1. The van der Waals surface area contributed by atoms with Crippen molar-refractivity contribution in [2.45, 2.75) is 16.1 Å². The number of carbonyl (C=O) groups excluding carboxylic acids is 5. The number of rotatable bonds is 7. The van der Waals surface area contributed by atoms with Crippen molar-refractivity contribution >= 4 is 84.5 Å². The number of Topliss-reactive ketones (excluding diaryl/α,β-unsaturated/α-hetero) is 1. The molecule has 2 aliphatic carbocycles. The number of halogens is 4. The topological polar surface area (TPSA) is 114 Å². The van der Waals surface area contributed by atoms with Crippen LogP contribution in [0.2, 0.25) is 10.0 Å². The van der Waals surface area contributed by atoms with Crippen LogP contribution < -0.4 is 4.74 Å². The fraction of sp³-hybridized carbons (Fsp3) is 0.276. The molecule has 2 aromatic carbocycles. The fourth-order valence-electron chi connectivity index (χ4n) is 6.09. The first-order valence-electron chi connectivity index (χ1n) is 12.9. The van der Waals surface area contributed by atoms with Crippen LogP contribution >= 0.6 is 55.1 Å². The normalized spacial score (nSPS) is 26.0. The second-order valence-corrected chi connectivity index (χ2v) is 13.3. The van der Waals surface area contributed by atoms with E-state index in [1.54, 1.807) is 6.07 Å². The van der Waals surface area contributed by atoms with Crippen LogP contribution in [-0.4, -0.2) is 55.7 Å². The second-order valence-electron chi connectivity index (χ2n) is 10.3. The molecule has 1 saturated heterocycles. The third-order valence-corrected chi connectivity index (χ3v) is 11.8. The molecule has 2 bridgehead atoms. The van der Waals surface area contributed by atoms with Gasteiger partial charge in [0.25, 0.3) is 17.7 Å². The maximum Gasteiger partial charge on any atom is 0.379 e. The predicted octanol–water partition coefficient (Wildman–Crippen LogP) is 5.82. The van der Waals surface area contributed by atoms with E-state index in [9.17, 15) is 24.0 Å². The van der Waals surface area contributed by atoms with Gasteiger partial charge in [0.15, 0.2) is 5.78 Å². The fourth-order valence-corrected chi connectivity index (χ4v) is 8.46. The van der Waals surface area contributed by atoms with E-state index in [4.69, 9.17) is 32.4 Å². The van der Waals surface area contributed by atoms with E-state index >= 15 is 0 Å². The Hall–Kier alpha value is -2.99. The van der Waals surface area contributed by atoms with Gasteiger partial charge in [-0.05, 0) is 72.9 Å². The maximum atomic E-state index is 13.9. The van der Waals surface area contributed by atoms with Gasteiger partial charge in [-0.3, -0.25) is 19.2 Å². The highest BCUT2D eigenvalue weighted by atomic mass is 79.9. The number of hydrogen-bond acceptors (Lipinski definition) is 7. The van der Waals surface area contributed by atoms with E-state index in [0.29, 0.717) is 6.42 Å². The molecule has 3 aromatic rings. The number of benzene rings is 2. The van der Waals surface area contributed by atoms with Crippen molar-refractivity contribution in [3.8, 4) is 5.75 Å². The van der Waals surface area contributed by atoms with E-state index in [0.717, 1.165) is 10.0 Å². The minimum atomic E-state index is -0.797. The van der Waals surface area contributed by atoms with E-state index in [1.807, 2.05) is 0 Å². The number of amides is 3. The van der Waals surface area contributed by atoms with Crippen LogP contribution in [0, 0.1) is 23.7 Å². The largest absolute Gasteiger partial charge is 0.457 e. The van der Waals surface area contributed by atoms with E-state index in [-0.39, 0.29) is 54.2 Å². The molecule has 6 atom stereocenters. The van der Waals surface area contributed by atoms with Crippen LogP contribution in [0.25, 0.3) is 0 Å². The summed E-state index contributed by atoms with van der Waals surface area (Å²) >= 11 is 19.6. The number of imide groups is 1. The molecule has 6 rings (SSSR count). The molecule has 0 N–H and O–H groups in total. The number of fused-ring (bicyclic) bond motifs is 5. The van der Waals surface area contributed by atoms with Crippen molar-refractivity contribution in [3.63, 3.8) is 0 Å². The highest BCUT2D eigenvalue weighted by molar-refractivity contribution is 9.12. The van der Waals surface area contributed by atoms with Crippen molar-refractivity contribution in [2.75, 3.05) is 6.54 Å². The smallest absolute Gasteiger partial charge is 0.379 e. The van der Waals surface area contributed by atoms with Gasteiger partial charge in [-0.1, -0.05) is 55.1 Å². The first kappa shape index (κ1) is 29.1. The average molecular weight is 739 g/mol. The van der Waals surface area contributed by atoms with Crippen molar-refractivity contribution in [2.24, 2.45) is 23.7 Å². The summed E-state index contributed by atoms with van der Waals surface area (Å²) in [5.41, 5.74) is 0.139. The summed E-state index contributed by atoms with van der Waals surface area (Å²) in [5.74, 6) is -4.31. The summed E-state index contributed by atoms with van der Waals surface area (Å²) in [6.45, 7) is -0.620. The van der Waals surface area contributed by atoms with Crippen molar-refractivity contribution in [1.82, 2.24) is 10.0 Å². The van der Waals surface area contributed by atoms with Gasteiger partial charge in [-0.25, -0.2) is 9.80 Å². The molecule has 42 heavy (non-hydrogen) atoms. The molecule has 3 fully saturated rings. The van der Waals surface area contributed by atoms with Crippen LogP contribution in [0.5, 0.6) is 5.75 Å². The Morgan fingerprint density at radius 1 is 0.952 bits per heavy atom. The van der Waals surface area contributed by atoms with Gasteiger partial charge < -0.3 is 9.15 Å². The van der Waals surface area contributed by atoms with Gasteiger partial charge >= 0.3 is 5.97 Å². The molecule has 13 heteroatoms. The van der Waals surface area contributed by atoms with Gasteiger partial charge in [0, 0.05) is 20.2 Å². The lowest BCUT2D eigenvalue weighted by molar-refractivity contribution is -0.154. The molecule has 1 aliphatic heterocycles. The standard InChI is InChI=1S/C29H20Br2Cl2N2O7/c30-24-17-11-18(25(24)31)23-22(17)27(38)35(28(23)39)34(26(37)16-8-5-14(32)10-19(16)33)12-20(36)13-3-6-15(7-4-13)42-29(40)21-2-1-9-41-21/h1-10,17-18,22-25H,11-12H2/t17-,18-,22-,23-,24-,25+/m1/s1. The first-order chi connectivity index (χ1) is 20.1. The lowest BCUT2D eigenvalue weighted by atomic mass is 9.81. The molecule has 0 radical (unpaired) electrons.